The normalized spacial score (nSPS) is 10.8. The summed E-state index contributed by atoms with van der Waals surface area (Å²) in [5.74, 6) is 0.0507. The zero-order valence-electron chi connectivity index (χ0n) is 14.3. The van der Waals surface area contributed by atoms with Gasteiger partial charge in [-0.15, -0.1) is 0 Å². The summed E-state index contributed by atoms with van der Waals surface area (Å²) >= 11 is 9.46. The zero-order chi connectivity index (χ0) is 19.7. The number of furan rings is 1. The van der Waals surface area contributed by atoms with Crippen molar-refractivity contribution in [3.05, 3.63) is 72.8 Å². The summed E-state index contributed by atoms with van der Waals surface area (Å²) in [5, 5.41) is 18.0. The quantitative estimate of drug-likeness (QED) is 0.445. The van der Waals surface area contributed by atoms with Gasteiger partial charge in [-0.05, 0) is 48.0 Å². The number of nitrogens with one attached hydrogen (secondary N) is 1. The van der Waals surface area contributed by atoms with Crippen LogP contribution < -0.4 is 5.32 Å². The van der Waals surface area contributed by atoms with Crippen molar-refractivity contribution in [2.75, 3.05) is 5.32 Å². The Kier molecular flexibility index (Phi) is 5.33. The summed E-state index contributed by atoms with van der Waals surface area (Å²) in [4.78, 5) is 22.7. The summed E-state index contributed by atoms with van der Waals surface area (Å²) in [6.45, 7) is 4.17. The Balaban J connectivity index is 1.76. The van der Waals surface area contributed by atoms with E-state index in [1.807, 2.05) is 13.8 Å². The standard InChI is InChI=1S/C17H14BrClN4O4/c1-9-16(18)10(2)22(21-9)8-12-4-6-15(27-12)17(24)20-14-7-11(23(25)26)3-5-13(14)19/h3-7H,8H2,1-2H3,(H,20,24). The number of halogens is 2. The fraction of sp³-hybridized carbons (Fsp3) is 0.176. The molecule has 10 heteroatoms. The molecule has 1 aromatic carbocycles. The number of carbonyl (C=O) groups excluding carboxylic acids is 1. The number of nitro groups is 1. The lowest BCUT2D eigenvalue weighted by Gasteiger charge is -2.05. The molecule has 0 fully saturated rings. The largest absolute Gasteiger partial charge is 0.454 e. The Morgan fingerprint density at radius 2 is 2.11 bits per heavy atom. The van der Waals surface area contributed by atoms with Crippen molar-refractivity contribution in [3.63, 3.8) is 0 Å². The van der Waals surface area contributed by atoms with Gasteiger partial charge in [0.1, 0.15) is 5.76 Å². The first-order valence-corrected chi connectivity index (χ1v) is 8.97. The van der Waals surface area contributed by atoms with Crippen LogP contribution in [-0.2, 0) is 6.54 Å². The van der Waals surface area contributed by atoms with Crippen molar-refractivity contribution in [3.8, 4) is 0 Å². The molecule has 2 aromatic heterocycles. The van der Waals surface area contributed by atoms with Crippen molar-refractivity contribution in [2.24, 2.45) is 0 Å². The Hall–Kier alpha value is -2.65. The van der Waals surface area contributed by atoms with E-state index >= 15 is 0 Å². The van der Waals surface area contributed by atoms with Crippen LogP contribution >= 0.6 is 27.5 Å². The van der Waals surface area contributed by atoms with Gasteiger partial charge in [-0.25, -0.2) is 0 Å². The Labute approximate surface area is 167 Å². The molecule has 140 valence electrons. The van der Waals surface area contributed by atoms with Gasteiger partial charge < -0.3 is 9.73 Å². The van der Waals surface area contributed by atoms with Crippen LogP contribution in [0.1, 0.15) is 27.7 Å². The smallest absolute Gasteiger partial charge is 0.291 e. The number of aryl methyl sites for hydroxylation is 1. The Morgan fingerprint density at radius 3 is 2.74 bits per heavy atom. The molecule has 0 unspecified atom stereocenters. The minimum Gasteiger partial charge on any atom is -0.454 e. The number of nitrogens with zero attached hydrogens (tertiary/aromatic N) is 3. The van der Waals surface area contributed by atoms with E-state index in [9.17, 15) is 14.9 Å². The van der Waals surface area contributed by atoms with E-state index in [2.05, 4.69) is 26.3 Å². The Bertz CT molecular complexity index is 1040. The lowest BCUT2D eigenvalue weighted by molar-refractivity contribution is -0.384. The van der Waals surface area contributed by atoms with Gasteiger partial charge in [-0.3, -0.25) is 19.6 Å². The van der Waals surface area contributed by atoms with Gasteiger partial charge in [-0.1, -0.05) is 11.6 Å². The van der Waals surface area contributed by atoms with Crippen LogP contribution in [0.3, 0.4) is 0 Å². The Morgan fingerprint density at radius 1 is 1.37 bits per heavy atom. The third-order valence-electron chi connectivity index (χ3n) is 3.89. The van der Waals surface area contributed by atoms with Crippen molar-refractivity contribution >= 4 is 44.8 Å². The third-order valence-corrected chi connectivity index (χ3v) is 5.37. The number of non-ortho nitro benzene ring substituents is 1. The maximum atomic E-state index is 12.4. The van der Waals surface area contributed by atoms with E-state index in [1.54, 1.807) is 10.7 Å². The first kappa shape index (κ1) is 19.1. The van der Waals surface area contributed by atoms with Crippen LogP contribution in [0.5, 0.6) is 0 Å². The van der Waals surface area contributed by atoms with Crippen molar-refractivity contribution in [2.45, 2.75) is 20.4 Å². The lowest BCUT2D eigenvalue weighted by atomic mass is 10.2. The van der Waals surface area contributed by atoms with Crippen molar-refractivity contribution in [1.29, 1.82) is 0 Å². The SMILES string of the molecule is Cc1nn(Cc2ccc(C(=O)Nc3cc([N+](=O)[O-])ccc3Cl)o2)c(C)c1Br. The highest BCUT2D eigenvalue weighted by Gasteiger charge is 2.17. The number of nitro benzene ring substituents is 1. The van der Waals surface area contributed by atoms with E-state index in [1.165, 1.54) is 24.3 Å². The molecule has 0 aliphatic carbocycles. The van der Waals surface area contributed by atoms with Gasteiger partial charge in [0.05, 0.1) is 38.0 Å². The summed E-state index contributed by atoms with van der Waals surface area (Å²) in [6.07, 6.45) is 0. The maximum Gasteiger partial charge on any atom is 0.291 e. The molecule has 0 atom stereocenters. The molecule has 0 aliphatic heterocycles. The van der Waals surface area contributed by atoms with E-state index in [0.717, 1.165) is 15.9 Å². The van der Waals surface area contributed by atoms with Gasteiger partial charge in [0.25, 0.3) is 11.6 Å². The monoisotopic (exact) mass is 452 g/mol. The summed E-state index contributed by atoms with van der Waals surface area (Å²) < 4.78 is 8.26. The molecular weight excluding hydrogens is 440 g/mol. The number of carbonyl (C=O) groups is 1. The fourth-order valence-corrected chi connectivity index (χ4v) is 2.92. The van der Waals surface area contributed by atoms with Crippen LogP contribution in [0, 0.1) is 24.0 Å². The molecule has 3 rings (SSSR count). The van der Waals surface area contributed by atoms with E-state index in [-0.39, 0.29) is 22.2 Å². The molecule has 0 saturated heterocycles. The van der Waals surface area contributed by atoms with Gasteiger partial charge in [0.15, 0.2) is 5.76 Å². The van der Waals surface area contributed by atoms with Gasteiger partial charge in [-0.2, -0.15) is 5.10 Å². The summed E-state index contributed by atoms with van der Waals surface area (Å²) in [6, 6.07) is 7.00. The molecule has 27 heavy (non-hydrogen) atoms. The molecule has 0 bridgehead atoms. The van der Waals surface area contributed by atoms with Crippen LogP contribution in [0.15, 0.2) is 39.2 Å². The van der Waals surface area contributed by atoms with Crippen LogP contribution in [0.25, 0.3) is 0 Å². The second-order valence-corrected chi connectivity index (χ2v) is 6.98. The first-order valence-electron chi connectivity index (χ1n) is 7.79. The molecular formula is C17H14BrClN4O4. The van der Waals surface area contributed by atoms with E-state index in [4.69, 9.17) is 16.0 Å². The minimum atomic E-state index is -0.566. The molecule has 0 aliphatic rings. The molecule has 1 N–H and O–H groups in total. The molecule has 1 amide bonds. The fourth-order valence-electron chi connectivity index (χ4n) is 2.47. The minimum absolute atomic E-state index is 0.0631. The predicted molar refractivity (Wildman–Crippen MR) is 103 cm³/mol. The maximum absolute atomic E-state index is 12.4. The number of anilines is 1. The van der Waals surface area contributed by atoms with Gasteiger partial charge in [0, 0.05) is 12.1 Å². The second-order valence-electron chi connectivity index (χ2n) is 5.78. The van der Waals surface area contributed by atoms with Gasteiger partial charge in [0.2, 0.25) is 0 Å². The molecule has 0 radical (unpaired) electrons. The third kappa shape index (κ3) is 4.04. The first-order chi connectivity index (χ1) is 12.8. The van der Waals surface area contributed by atoms with E-state index < -0.39 is 10.8 Å². The average Bonchev–Trinajstić information content (AvgIpc) is 3.18. The highest BCUT2D eigenvalue weighted by atomic mass is 79.9. The van der Waals surface area contributed by atoms with Crippen LogP contribution in [0.2, 0.25) is 5.02 Å². The van der Waals surface area contributed by atoms with E-state index in [0.29, 0.717) is 12.3 Å². The van der Waals surface area contributed by atoms with Gasteiger partial charge >= 0.3 is 0 Å². The number of aromatic nitrogens is 2. The topological polar surface area (TPSA) is 103 Å². The molecule has 8 nitrogen and oxygen atoms in total. The van der Waals surface area contributed by atoms with Crippen molar-refractivity contribution in [1.82, 2.24) is 9.78 Å². The summed E-state index contributed by atoms with van der Waals surface area (Å²) in [5.41, 5.74) is 1.76. The molecule has 0 saturated carbocycles. The number of rotatable bonds is 5. The molecule has 3 aromatic rings. The van der Waals surface area contributed by atoms with Crippen LogP contribution in [-0.4, -0.2) is 20.6 Å². The van der Waals surface area contributed by atoms with Crippen molar-refractivity contribution < 1.29 is 14.1 Å². The zero-order valence-corrected chi connectivity index (χ0v) is 16.7. The number of amides is 1. The average molecular weight is 454 g/mol. The predicted octanol–water partition coefficient (Wildman–Crippen LogP) is 4.72. The molecule has 0 spiro atoms. The lowest BCUT2D eigenvalue weighted by Crippen LogP contribution is -2.11. The highest BCUT2D eigenvalue weighted by molar-refractivity contribution is 9.10. The summed E-state index contributed by atoms with van der Waals surface area (Å²) in [7, 11) is 0. The molecule has 2 heterocycles. The number of benzene rings is 1. The number of hydrogen-bond acceptors (Lipinski definition) is 5. The van der Waals surface area contributed by atoms with Crippen LogP contribution in [0.4, 0.5) is 11.4 Å². The number of hydrogen-bond donors (Lipinski definition) is 1. The highest BCUT2D eigenvalue weighted by Crippen LogP contribution is 2.27. The second kappa shape index (κ2) is 7.53.